The second-order valence-electron chi connectivity index (χ2n) is 4.70. The minimum atomic E-state index is -0.160. The number of benzene rings is 1. The third-order valence-electron chi connectivity index (χ3n) is 2.93. The summed E-state index contributed by atoms with van der Waals surface area (Å²) in [6, 6.07) is 9.80. The van der Waals surface area contributed by atoms with Gasteiger partial charge in [-0.15, -0.1) is 0 Å². The maximum absolute atomic E-state index is 11.9. The minimum absolute atomic E-state index is 0.160. The molecule has 1 heterocycles. The lowest BCUT2D eigenvalue weighted by Crippen LogP contribution is -2.27. The first-order valence-corrected chi connectivity index (χ1v) is 6.75. The molecule has 0 spiro atoms. The van der Waals surface area contributed by atoms with Crippen LogP contribution in [0.1, 0.15) is 15.9 Å². The number of nitrogens with zero attached hydrogens (tertiary/aromatic N) is 1. The summed E-state index contributed by atoms with van der Waals surface area (Å²) >= 11 is 0. The molecule has 21 heavy (non-hydrogen) atoms. The number of carbonyl (C=O) groups excluding carboxylic acids is 1. The van der Waals surface area contributed by atoms with E-state index in [2.05, 4.69) is 15.6 Å². The predicted octanol–water partition coefficient (Wildman–Crippen LogP) is 2.51. The molecule has 0 fully saturated rings. The van der Waals surface area contributed by atoms with E-state index in [9.17, 15) is 4.79 Å². The van der Waals surface area contributed by atoms with Crippen molar-refractivity contribution in [2.45, 2.75) is 6.92 Å². The van der Waals surface area contributed by atoms with Gasteiger partial charge in [-0.2, -0.15) is 0 Å². The number of rotatable bonds is 6. The Labute approximate surface area is 124 Å². The van der Waals surface area contributed by atoms with E-state index in [1.54, 1.807) is 25.6 Å². The summed E-state index contributed by atoms with van der Waals surface area (Å²) in [5, 5.41) is 5.99. The van der Waals surface area contributed by atoms with Crippen molar-refractivity contribution in [2.75, 3.05) is 25.6 Å². The van der Waals surface area contributed by atoms with Gasteiger partial charge in [0, 0.05) is 25.5 Å². The zero-order valence-electron chi connectivity index (χ0n) is 12.2. The van der Waals surface area contributed by atoms with Gasteiger partial charge in [-0.25, -0.2) is 0 Å². The van der Waals surface area contributed by atoms with Gasteiger partial charge in [-0.05, 0) is 25.1 Å². The Morgan fingerprint density at radius 2 is 1.95 bits per heavy atom. The molecule has 2 rings (SSSR count). The van der Waals surface area contributed by atoms with Gasteiger partial charge < -0.3 is 15.4 Å². The average molecular weight is 285 g/mol. The second kappa shape index (κ2) is 7.40. The van der Waals surface area contributed by atoms with Crippen LogP contribution in [0.15, 0.2) is 42.7 Å². The molecule has 0 unspecified atom stereocenters. The molecule has 0 saturated heterocycles. The van der Waals surface area contributed by atoms with Crippen molar-refractivity contribution < 1.29 is 9.53 Å². The fourth-order valence-electron chi connectivity index (χ4n) is 1.80. The highest BCUT2D eigenvalue weighted by atomic mass is 16.5. The summed E-state index contributed by atoms with van der Waals surface area (Å²) in [4.78, 5) is 16.0. The molecule has 0 saturated carbocycles. The second-order valence-corrected chi connectivity index (χ2v) is 4.70. The quantitative estimate of drug-likeness (QED) is 0.801. The molecule has 2 N–H and O–H groups in total. The van der Waals surface area contributed by atoms with E-state index in [1.165, 1.54) is 5.56 Å². The molecular weight excluding hydrogens is 266 g/mol. The molecular formula is C16H19N3O2. The Morgan fingerprint density at radius 3 is 2.67 bits per heavy atom. The van der Waals surface area contributed by atoms with Gasteiger partial charge in [0.25, 0.3) is 5.91 Å². The van der Waals surface area contributed by atoms with Gasteiger partial charge in [-0.1, -0.05) is 17.7 Å². The topological polar surface area (TPSA) is 63.2 Å². The molecule has 0 aliphatic rings. The monoisotopic (exact) mass is 285 g/mol. The van der Waals surface area contributed by atoms with Crippen LogP contribution in [0.5, 0.6) is 0 Å². The lowest BCUT2D eigenvalue weighted by Gasteiger charge is -2.08. The third-order valence-corrected chi connectivity index (χ3v) is 2.93. The maximum atomic E-state index is 11.9. The van der Waals surface area contributed by atoms with Gasteiger partial charge in [-0.3, -0.25) is 9.78 Å². The van der Waals surface area contributed by atoms with Crippen LogP contribution in [0.2, 0.25) is 0 Å². The predicted molar refractivity (Wildman–Crippen MR) is 82.9 cm³/mol. The average Bonchev–Trinajstić information content (AvgIpc) is 2.50. The Bertz CT molecular complexity index is 597. The molecule has 110 valence electrons. The molecule has 1 aromatic carbocycles. The van der Waals surface area contributed by atoms with Crippen molar-refractivity contribution in [1.82, 2.24) is 10.3 Å². The maximum Gasteiger partial charge on any atom is 0.253 e. The van der Waals surface area contributed by atoms with E-state index >= 15 is 0 Å². The SMILES string of the molecule is COCCNC(=O)c1cncc(Nc2ccc(C)cc2)c1. The number of ether oxygens (including phenoxy) is 1. The van der Waals surface area contributed by atoms with Crippen LogP contribution in [0.25, 0.3) is 0 Å². The zero-order chi connectivity index (χ0) is 15.1. The van der Waals surface area contributed by atoms with Gasteiger partial charge in [0.1, 0.15) is 0 Å². The van der Waals surface area contributed by atoms with Gasteiger partial charge >= 0.3 is 0 Å². The van der Waals surface area contributed by atoms with Crippen molar-refractivity contribution >= 4 is 17.3 Å². The number of nitrogens with one attached hydrogen (secondary N) is 2. The Kier molecular flexibility index (Phi) is 5.29. The first kappa shape index (κ1) is 15.0. The fourth-order valence-corrected chi connectivity index (χ4v) is 1.80. The molecule has 0 aliphatic carbocycles. The van der Waals surface area contributed by atoms with Crippen LogP contribution in [-0.4, -0.2) is 31.2 Å². The summed E-state index contributed by atoms with van der Waals surface area (Å²) in [7, 11) is 1.60. The van der Waals surface area contributed by atoms with Crippen molar-refractivity contribution in [3.63, 3.8) is 0 Å². The van der Waals surface area contributed by atoms with Gasteiger partial charge in [0.15, 0.2) is 0 Å². The molecule has 1 aromatic heterocycles. The zero-order valence-corrected chi connectivity index (χ0v) is 12.2. The van der Waals surface area contributed by atoms with E-state index in [-0.39, 0.29) is 5.91 Å². The molecule has 0 bridgehead atoms. The van der Waals surface area contributed by atoms with Crippen LogP contribution < -0.4 is 10.6 Å². The summed E-state index contributed by atoms with van der Waals surface area (Å²) in [6.45, 7) is 3.00. The number of aryl methyl sites for hydroxylation is 1. The Morgan fingerprint density at radius 1 is 1.19 bits per heavy atom. The lowest BCUT2D eigenvalue weighted by atomic mass is 10.2. The van der Waals surface area contributed by atoms with Gasteiger partial charge in [0.05, 0.1) is 24.1 Å². The number of amides is 1. The molecule has 0 aliphatic heterocycles. The molecule has 5 heteroatoms. The van der Waals surface area contributed by atoms with Crippen molar-refractivity contribution in [3.8, 4) is 0 Å². The molecule has 1 amide bonds. The van der Waals surface area contributed by atoms with E-state index in [4.69, 9.17) is 4.74 Å². The van der Waals surface area contributed by atoms with E-state index in [1.807, 2.05) is 31.2 Å². The highest BCUT2D eigenvalue weighted by molar-refractivity contribution is 5.94. The number of methoxy groups -OCH3 is 1. The number of carbonyl (C=O) groups is 1. The summed E-state index contributed by atoms with van der Waals surface area (Å²) in [6.07, 6.45) is 3.23. The first-order valence-electron chi connectivity index (χ1n) is 6.75. The molecule has 5 nitrogen and oxygen atoms in total. The lowest BCUT2D eigenvalue weighted by molar-refractivity contribution is 0.0937. The van der Waals surface area contributed by atoms with Crippen LogP contribution in [-0.2, 0) is 4.74 Å². The van der Waals surface area contributed by atoms with Crippen LogP contribution in [0, 0.1) is 6.92 Å². The number of hydrogen-bond acceptors (Lipinski definition) is 4. The number of aromatic nitrogens is 1. The number of pyridine rings is 1. The van der Waals surface area contributed by atoms with Crippen molar-refractivity contribution in [3.05, 3.63) is 53.9 Å². The normalized spacial score (nSPS) is 10.2. The van der Waals surface area contributed by atoms with Crippen LogP contribution >= 0.6 is 0 Å². The smallest absolute Gasteiger partial charge is 0.253 e. The van der Waals surface area contributed by atoms with Crippen LogP contribution in [0.4, 0.5) is 11.4 Å². The Hall–Kier alpha value is -2.40. The summed E-state index contributed by atoms with van der Waals surface area (Å²) < 4.78 is 4.90. The molecule has 2 aromatic rings. The van der Waals surface area contributed by atoms with Crippen LogP contribution in [0.3, 0.4) is 0 Å². The largest absolute Gasteiger partial charge is 0.383 e. The first-order chi connectivity index (χ1) is 10.2. The Balaban J connectivity index is 2.03. The summed E-state index contributed by atoms with van der Waals surface area (Å²) in [5.74, 6) is -0.160. The van der Waals surface area contributed by atoms with E-state index < -0.39 is 0 Å². The van der Waals surface area contributed by atoms with E-state index in [0.29, 0.717) is 18.7 Å². The minimum Gasteiger partial charge on any atom is -0.383 e. The third kappa shape index (κ3) is 4.57. The highest BCUT2D eigenvalue weighted by Crippen LogP contribution is 2.17. The molecule has 0 atom stereocenters. The van der Waals surface area contributed by atoms with E-state index in [0.717, 1.165) is 11.4 Å². The fraction of sp³-hybridized carbons (Fsp3) is 0.250. The molecule has 0 radical (unpaired) electrons. The van der Waals surface area contributed by atoms with Gasteiger partial charge in [0.2, 0.25) is 0 Å². The van der Waals surface area contributed by atoms with Crippen molar-refractivity contribution in [2.24, 2.45) is 0 Å². The number of anilines is 2. The highest BCUT2D eigenvalue weighted by Gasteiger charge is 2.06. The standard InChI is InChI=1S/C16H19N3O2/c1-12-3-5-14(6-4-12)19-15-9-13(10-17-11-15)16(20)18-7-8-21-2/h3-6,9-11,19H,7-8H2,1-2H3,(H,18,20). The number of hydrogen-bond donors (Lipinski definition) is 2. The summed E-state index contributed by atoms with van der Waals surface area (Å²) in [5.41, 5.74) is 3.45. The van der Waals surface area contributed by atoms with Crippen molar-refractivity contribution in [1.29, 1.82) is 0 Å².